The van der Waals surface area contributed by atoms with Gasteiger partial charge in [-0.15, -0.1) is 0 Å². The maximum absolute atomic E-state index is 11.9. The van der Waals surface area contributed by atoms with Gasteiger partial charge in [0.1, 0.15) is 12.4 Å². The Morgan fingerprint density at radius 3 is 2.42 bits per heavy atom. The minimum absolute atomic E-state index is 0.0178. The first-order chi connectivity index (χ1) is 11.6. The zero-order chi connectivity index (χ0) is 17.2. The van der Waals surface area contributed by atoms with Crippen LogP contribution in [0.2, 0.25) is 0 Å². The molecule has 0 heterocycles. The third-order valence-corrected chi connectivity index (χ3v) is 3.47. The van der Waals surface area contributed by atoms with Crippen molar-refractivity contribution in [2.45, 2.75) is 26.9 Å². The monoisotopic (exact) mass is 326 g/mol. The number of hydrogen-bond acceptors (Lipinski definition) is 3. The zero-order valence-electron chi connectivity index (χ0n) is 14.4. The lowest BCUT2D eigenvalue weighted by Crippen LogP contribution is -2.24. The molecule has 2 N–H and O–H groups in total. The highest BCUT2D eigenvalue weighted by Crippen LogP contribution is 2.17. The predicted molar refractivity (Wildman–Crippen MR) is 98.2 cm³/mol. The summed E-state index contributed by atoms with van der Waals surface area (Å²) in [4.78, 5) is 11.9. The van der Waals surface area contributed by atoms with Gasteiger partial charge in [-0.2, -0.15) is 0 Å². The van der Waals surface area contributed by atoms with Crippen LogP contribution in [0.4, 0.5) is 5.69 Å². The van der Waals surface area contributed by atoms with E-state index in [2.05, 4.69) is 24.5 Å². The molecule has 2 rings (SSSR count). The summed E-state index contributed by atoms with van der Waals surface area (Å²) in [5.74, 6) is 1.40. The van der Waals surface area contributed by atoms with Crippen LogP contribution in [-0.4, -0.2) is 19.0 Å². The van der Waals surface area contributed by atoms with Gasteiger partial charge in [-0.1, -0.05) is 44.2 Å². The molecular weight excluding hydrogens is 300 g/mol. The molecule has 4 heteroatoms. The number of benzene rings is 2. The van der Waals surface area contributed by atoms with Crippen molar-refractivity contribution in [2.24, 2.45) is 5.92 Å². The fourth-order valence-corrected chi connectivity index (χ4v) is 2.19. The summed E-state index contributed by atoms with van der Waals surface area (Å²) < 4.78 is 5.73. The third kappa shape index (κ3) is 6.84. The van der Waals surface area contributed by atoms with Gasteiger partial charge in [-0.25, -0.2) is 0 Å². The first kappa shape index (κ1) is 18.0. The maximum atomic E-state index is 11.9. The molecule has 24 heavy (non-hydrogen) atoms. The van der Waals surface area contributed by atoms with E-state index in [1.165, 1.54) is 0 Å². The van der Waals surface area contributed by atoms with Crippen LogP contribution in [0.3, 0.4) is 0 Å². The molecular formula is C20H26N2O2. The van der Waals surface area contributed by atoms with Crippen molar-refractivity contribution < 1.29 is 9.53 Å². The lowest BCUT2D eigenvalue weighted by molar-refractivity contribution is -0.116. The molecule has 0 atom stereocenters. The average molecular weight is 326 g/mol. The minimum Gasteiger partial charge on any atom is -0.489 e. The third-order valence-electron chi connectivity index (χ3n) is 3.47. The molecule has 0 bridgehead atoms. The van der Waals surface area contributed by atoms with Crippen molar-refractivity contribution in [3.63, 3.8) is 0 Å². The van der Waals surface area contributed by atoms with E-state index in [1.807, 2.05) is 54.6 Å². The van der Waals surface area contributed by atoms with Gasteiger partial charge < -0.3 is 15.4 Å². The lowest BCUT2D eigenvalue weighted by atomic mass is 10.2. The topological polar surface area (TPSA) is 50.4 Å². The Bertz CT molecular complexity index is 609. The van der Waals surface area contributed by atoms with Gasteiger partial charge in [-0.05, 0) is 42.3 Å². The Morgan fingerprint density at radius 2 is 1.75 bits per heavy atom. The smallest absolute Gasteiger partial charge is 0.225 e. The highest BCUT2D eigenvalue weighted by molar-refractivity contribution is 5.90. The van der Waals surface area contributed by atoms with Gasteiger partial charge in [0.15, 0.2) is 0 Å². The molecule has 0 saturated carbocycles. The standard InChI is InChI=1S/C20H26N2O2/c1-16(2)14-21-13-12-20(23)22-18-8-10-19(11-9-18)24-15-17-6-4-3-5-7-17/h3-11,16,21H,12-15H2,1-2H3,(H,22,23). The number of hydrogen-bond donors (Lipinski definition) is 2. The summed E-state index contributed by atoms with van der Waals surface area (Å²) in [6, 6.07) is 17.5. The molecule has 0 aromatic heterocycles. The molecule has 0 saturated heterocycles. The fourth-order valence-electron chi connectivity index (χ4n) is 2.19. The summed E-state index contributed by atoms with van der Waals surface area (Å²) >= 11 is 0. The second-order valence-corrected chi connectivity index (χ2v) is 6.19. The summed E-state index contributed by atoms with van der Waals surface area (Å²) in [5.41, 5.74) is 1.92. The summed E-state index contributed by atoms with van der Waals surface area (Å²) in [6.07, 6.45) is 0.471. The minimum atomic E-state index is 0.0178. The van der Waals surface area contributed by atoms with Crippen molar-refractivity contribution in [3.05, 3.63) is 60.2 Å². The summed E-state index contributed by atoms with van der Waals surface area (Å²) in [7, 11) is 0. The van der Waals surface area contributed by atoms with E-state index in [1.54, 1.807) is 0 Å². The van der Waals surface area contributed by atoms with E-state index < -0.39 is 0 Å². The number of nitrogens with one attached hydrogen (secondary N) is 2. The van der Waals surface area contributed by atoms with E-state index in [0.717, 1.165) is 23.5 Å². The predicted octanol–water partition coefficient (Wildman–Crippen LogP) is 3.84. The molecule has 128 valence electrons. The molecule has 2 aromatic carbocycles. The van der Waals surface area contributed by atoms with Crippen molar-refractivity contribution in [1.29, 1.82) is 0 Å². The van der Waals surface area contributed by atoms with Crippen molar-refractivity contribution in [1.82, 2.24) is 5.32 Å². The molecule has 2 aromatic rings. The van der Waals surface area contributed by atoms with Crippen LogP contribution in [0.1, 0.15) is 25.8 Å². The van der Waals surface area contributed by atoms with Crippen LogP contribution in [0, 0.1) is 5.92 Å². The first-order valence-electron chi connectivity index (χ1n) is 8.41. The molecule has 1 amide bonds. The molecule has 0 aliphatic heterocycles. The van der Waals surface area contributed by atoms with Crippen LogP contribution in [0.25, 0.3) is 0 Å². The zero-order valence-corrected chi connectivity index (χ0v) is 14.4. The van der Waals surface area contributed by atoms with E-state index in [9.17, 15) is 4.79 Å². The van der Waals surface area contributed by atoms with Crippen LogP contribution in [-0.2, 0) is 11.4 Å². The normalized spacial score (nSPS) is 10.6. The Kier molecular flexibility index (Phi) is 7.30. The maximum Gasteiger partial charge on any atom is 0.225 e. The first-order valence-corrected chi connectivity index (χ1v) is 8.41. The number of amides is 1. The van der Waals surface area contributed by atoms with Crippen LogP contribution >= 0.6 is 0 Å². The van der Waals surface area contributed by atoms with Crippen LogP contribution < -0.4 is 15.4 Å². The van der Waals surface area contributed by atoms with E-state index in [4.69, 9.17) is 4.74 Å². The number of carbonyl (C=O) groups is 1. The highest BCUT2D eigenvalue weighted by Gasteiger charge is 2.03. The number of anilines is 1. The fraction of sp³-hybridized carbons (Fsp3) is 0.350. The molecule has 0 radical (unpaired) electrons. The van der Waals surface area contributed by atoms with Gasteiger partial charge in [-0.3, -0.25) is 4.79 Å². The molecule has 0 fully saturated rings. The van der Waals surface area contributed by atoms with Crippen molar-refractivity contribution >= 4 is 11.6 Å². The summed E-state index contributed by atoms with van der Waals surface area (Å²) in [5, 5.41) is 6.16. The molecule has 0 unspecified atom stereocenters. The SMILES string of the molecule is CC(C)CNCCC(=O)Nc1ccc(OCc2ccccc2)cc1. The Balaban J connectivity index is 1.72. The van der Waals surface area contributed by atoms with Gasteiger partial charge in [0, 0.05) is 18.7 Å². The van der Waals surface area contributed by atoms with Gasteiger partial charge in [0.2, 0.25) is 5.91 Å². The molecule has 0 spiro atoms. The van der Waals surface area contributed by atoms with Gasteiger partial charge in [0.05, 0.1) is 0 Å². The molecule has 0 aliphatic rings. The van der Waals surface area contributed by atoms with Gasteiger partial charge >= 0.3 is 0 Å². The average Bonchev–Trinajstić information content (AvgIpc) is 2.59. The number of carbonyl (C=O) groups excluding carboxylic acids is 1. The number of ether oxygens (including phenoxy) is 1. The highest BCUT2D eigenvalue weighted by atomic mass is 16.5. The van der Waals surface area contributed by atoms with Crippen molar-refractivity contribution in [2.75, 3.05) is 18.4 Å². The van der Waals surface area contributed by atoms with Gasteiger partial charge in [0.25, 0.3) is 0 Å². The quantitative estimate of drug-likeness (QED) is 0.688. The summed E-state index contributed by atoms with van der Waals surface area (Å²) in [6.45, 7) is 6.46. The lowest BCUT2D eigenvalue weighted by Gasteiger charge is -2.09. The second-order valence-electron chi connectivity index (χ2n) is 6.19. The van der Waals surface area contributed by atoms with E-state index in [0.29, 0.717) is 25.5 Å². The second kappa shape index (κ2) is 9.73. The Labute approximate surface area is 144 Å². The molecule has 4 nitrogen and oxygen atoms in total. The van der Waals surface area contributed by atoms with E-state index in [-0.39, 0.29) is 5.91 Å². The van der Waals surface area contributed by atoms with Crippen molar-refractivity contribution in [3.8, 4) is 5.75 Å². The number of rotatable bonds is 9. The van der Waals surface area contributed by atoms with E-state index >= 15 is 0 Å². The van der Waals surface area contributed by atoms with Crippen LogP contribution in [0.15, 0.2) is 54.6 Å². The Hall–Kier alpha value is -2.33. The van der Waals surface area contributed by atoms with Crippen LogP contribution in [0.5, 0.6) is 5.75 Å². The Morgan fingerprint density at radius 1 is 1.04 bits per heavy atom. The largest absolute Gasteiger partial charge is 0.489 e. The molecule has 0 aliphatic carbocycles.